The Hall–Kier alpha value is -4.03. The highest BCUT2D eigenvalue weighted by Crippen LogP contribution is 2.24. The summed E-state index contributed by atoms with van der Waals surface area (Å²) in [6.07, 6.45) is 1.58. The molecule has 1 saturated heterocycles. The van der Waals surface area contributed by atoms with Crippen LogP contribution in [0.15, 0.2) is 54.7 Å². The third-order valence-corrected chi connectivity index (χ3v) is 4.99. The molecule has 0 radical (unpaired) electrons. The van der Waals surface area contributed by atoms with E-state index in [0.29, 0.717) is 17.2 Å². The number of amides is 1. The van der Waals surface area contributed by atoms with Crippen molar-refractivity contribution in [3.8, 4) is 17.3 Å². The third kappa shape index (κ3) is 4.99. The van der Waals surface area contributed by atoms with E-state index in [9.17, 15) is 9.18 Å². The predicted octanol–water partition coefficient (Wildman–Crippen LogP) is 3.12. The highest BCUT2D eigenvalue weighted by molar-refractivity contribution is 5.95. The van der Waals surface area contributed by atoms with Crippen LogP contribution in [0.3, 0.4) is 0 Å². The number of morpholine rings is 1. The molecule has 0 spiro atoms. The van der Waals surface area contributed by atoms with Crippen molar-refractivity contribution in [1.29, 1.82) is 5.26 Å². The molecule has 1 aliphatic heterocycles. The SMILES string of the molecule is N#CCNC(=O)c1ccc(-c2ccnc(Nc3ccc(N4CCOCC4)cc3)n2)cc1F. The van der Waals surface area contributed by atoms with E-state index in [2.05, 4.69) is 25.5 Å². The number of nitrogens with one attached hydrogen (secondary N) is 2. The van der Waals surface area contributed by atoms with Crippen LogP contribution >= 0.6 is 0 Å². The molecule has 162 valence electrons. The van der Waals surface area contributed by atoms with Gasteiger partial charge in [-0.05, 0) is 42.5 Å². The molecule has 1 aromatic heterocycles. The minimum Gasteiger partial charge on any atom is -0.378 e. The number of halogens is 1. The van der Waals surface area contributed by atoms with E-state index in [1.807, 2.05) is 24.3 Å². The first-order chi connectivity index (χ1) is 15.6. The molecule has 4 rings (SSSR count). The van der Waals surface area contributed by atoms with E-state index < -0.39 is 11.7 Å². The Morgan fingerprint density at radius 2 is 1.94 bits per heavy atom. The van der Waals surface area contributed by atoms with Gasteiger partial charge >= 0.3 is 0 Å². The highest BCUT2D eigenvalue weighted by Gasteiger charge is 2.14. The average molecular weight is 432 g/mol. The fourth-order valence-corrected chi connectivity index (χ4v) is 3.36. The molecule has 1 aliphatic rings. The minimum atomic E-state index is -0.690. The van der Waals surface area contributed by atoms with Crippen LogP contribution in [0.25, 0.3) is 11.3 Å². The number of nitrogens with zero attached hydrogens (tertiary/aromatic N) is 4. The Morgan fingerprint density at radius 1 is 1.16 bits per heavy atom. The fraction of sp³-hybridized carbons (Fsp3) is 0.217. The number of carbonyl (C=O) groups is 1. The van der Waals surface area contributed by atoms with Gasteiger partial charge in [0.15, 0.2) is 0 Å². The first kappa shape index (κ1) is 21.2. The van der Waals surface area contributed by atoms with Gasteiger partial charge in [-0.3, -0.25) is 4.79 Å². The number of ether oxygens (including phenoxy) is 1. The van der Waals surface area contributed by atoms with Crippen LogP contribution in [0, 0.1) is 17.1 Å². The van der Waals surface area contributed by atoms with Gasteiger partial charge in [-0.15, -0.1) is 0 Å². The molecule has 2 aromatic carbocycles. The maximum absolute atomic E-state index is 14.4. The predicted molar refractivity (Wildman–Crippen MR) is 118 cm³/mol. The molecule has 1 fully saturated rings. The van der Waals surface area contributed by atoms with Crippen LogP contribution < -0.4 is 15.5 Å². The van der Waals surface area contributed by atoms with Gasteiger partial charge in [-0.1, -0.05) is 6.07 Å². The van der Waals surface area contributed by atoms with Crippen LogP contribution in [0.2, 0.25) is 0 Å². The number of hydrogen-bond donors (Lipinski definition) is 2. The summed E-state index contributed by atoms with van der Waals surface area (Å²) in [7, 11) is 0. The van der Waals surface area contributed by atoms with Crippen LogP contribution in [0.1, 0.15) is 10.4 Å². The zero-order valence-electron chi connectivity index (χ0n) is 17.2. The van der Waals surface area contributed by atoms with Crippen molar-refractivity contribution in [2.45, 2.75) is 0 Å². The summed E-state index contributed by atoms with van der Waals surface area (Å²) in [5.41, 5.74) is 2.84. The zero-order valence-corrected chi connectivity index (χ0v) is 17.2. The summed E-state index contributed by atoms with van der Waals surface area (Å²) in [4.78, 5) is 22.9. The molecule has 0 bridgehead atoms. The summed E-state index contributed by atoms with van der Waals surface area (Å²) >= 11 is 0. The Bertz CT molecular complexity index is 1140. The van der Waals surface area contributed by atoms with E-state index in [1.165, 1.54) is 12.1 Å². The molecule has 32 heavy (non-hydrogen) atoms. The van der Waals surface area contributed by atoms with Crippen molar-refractivity contribution in [2.24, 2.45) is 0 Å². The van der Waals surface area contributed by atoms with Gasteiger partial charge in [0.1, 0.15) is 12.4 Å². The van der Waals surface area contributed by atoms with Crippen LogP contribution in [-0.2, 0) is 4.74 Å². The number of anilines is 3. The molecule has 0 atom stereocenters. The summed E-state index contributed by atoms with van der Waals surface area (Å²) in [5, 5.41) is 14.0. The molecule has 0 saturated carbocycles. The molecular formula is C23H21FN6O2. The largest absolute Gasteiger partial charge is 0.378 e. The van der Waals surface area contributed by atoms with E-state index in [-0.39, 0.29) is 12.1 Å². The quantitative estimate of drug-likeness (QED) is 0.577. The standard InChI is InChI=1S/C23H21FN6O2/c24-20-15-16(1-6-19(20)22(31)26-10-8-25)21-7-9-27-23(29-21)28-17-2-4-18(5-3-17)30-11-13-32-14-12-30/h1-7,9,15H,10-14H2,(H,26,31)(H,27,28,29). The number of rotatable bonds is 6. The van der Waals surface area contributed by atoms with Crippen molar-refractivity contribution in [1.82, 2.24) is 15.3 Å². The molecule has 1 amide bonds. The van der Waals surface area contributed by atoms with Crippen molar-refractivity contribution in [3.63, 3.8) is 0 Å². The van der Waals surface area contributed by atoms with Crippen LogP contribution in [0.5, 0.6) is 0 Å². The minimum absolute atomic E-state index is 0.128. The summed E-state index contributed by atoms with van der Waals surface area (Å²) < 4.78 is 19.8. The van der Waals surface area contributed by atoms with E-state index in [1.54, 1.807) is 24.4 Å². The van der Waals surface area contributed by atoms with E-state index in [4.69, 9.17) is 10.00 Å². The van der Waals surface area contributed by atoms with Gasteiger partial charge in [0.2, 0.25) is 5.95 Å². The molecule has 2 heterocycles. The summed E-state index contributed by atoms with van der Waals surface area (Å²) in [5.74, 6) is -0.955. The summed E-state index contributed by atoms with van der Waals surface area (Å²) in [6.45, 7) is 3.01. The molecule has 0 unspecified atom stereocenters. The van der Waals surface area contributed by atoms with E-state index >= 15 is 0 Å². The lowest BCUT2D eigenvalue weighted by Crippen LogP contribution is -2.36. The van der Waals surface area contributed by atoms with E-state index in [0.717, 1.165) is 37.7 Å². The summed E-state index contributed by atoms with van der Waals surface area (Å²) in [6, 6.07) is 15.6. The van der Waals surface area contributed by atoms with Gasteiger partial charge in [-0.25, -0.2) is 14.4 Å². The van der Waals surface area contributed by atoms with Crippen molar-refractivity contribution < 1.29 is 13.9 Å². The number of hydrogen-bond acceptors (Lipinski definition) is 7. The number of aromatic nitrogens is 2. The van der Waals surface area contributed by atoms with Gasteiger partial charge in [0.05, 0.1) is 30.5 Å². The Kier molecular flexibility index (Phi) is 6.53. The van der Waals surface area contributed by atoms with Gasteiger partial charge < -0.3 is 20.3 Å². The smallest absolute Gasteiger partial charge is 0.255 e. The number of carbonyl (C=O) groups excluding carboxylic acids is 1. The maximum Gasteiger partial charge on any atom is 0.255 e. The lowest BCUT2D eigenvalue weighted by molar-refractivity contribution is 0.0954. The van der Waals surface area contributed by atoms with Crippen molar-refractivity contribution in [3.05, 3.63) is 66.1 Å². The molecule has 8 nitrogen and oxygen atoms in total. The molecular weight excluding hydrogens is 411 g/mol. The lowest BCUT2D eigenvalue weighted by Gasteiger charge is -2.28. The molecule has 0 aliphatic carbocycles. The average Bonchev–Trinajstić information content (AvgIpc) is 2.83. The lowest BCUT2D eigenvalue weighted by atomic mass is 10.1. The van der Waals surface area contributed by atoms with Crippen LogP contribution in [0.4, 0.5) is 21.7 Å². The highest BCUT2D eigenvalue weighted by atomic mass is 19.1. The second kappa shape index (κ2) is 9.85. The third-order valence-electron chi connectivity index (χ3n) is 4.99. The van der Waals surface area contributed by atoms with Gasteiger partial charge in [0.25, 0.3) is 5.91 Å². The molecule has 3 aromatic rings. The van der Waals surface area contributed by atoms with Crippen molar-refractivity contribution >= 4 is 23.2 Å². The Labute approximate surface area is 184 Å². The normalized spacial score (nSPS) is 13.3. The molecule has 9 heteroatoms. The Morgan fingerprint density at radius 3 is 2.66 bits per heavy atom. The topological polar surface area (TPSA) is 103 Å². The maximum atomic E-state index is 14.4. The van der Waals surface area contributed by atoms with Gasteiger partial charge in [0, 0.05) is 36.2 Å². The number of nitriles is 1. The number of benzene rings is 2. The van der Waals surface area contributed by atoms with Crippen molar-refractivity contribution in [2.75, 3.05) is 43.1 Å². The first-order valence-corrected chi connectivity index (χ1v) is 10.1. The fourth-order valence-electron chi connectivity index (χ4n) is 3.36. The van der Waals surface area contributed by atoms with Gasteiger partial charge in [-0.2, -0.15) is 5.26 Å². The second-order valence-corrected chi connectivity index (χ2v) is 7.07. The zero-order chi connectivity index (χ0) is 22.3. The monoisotopic (exact) mass is 432 g/mol. The molecule has 2 N–H and O–H groups in total. The Balaban J connectivity index is 1.47. The van der Waals surface area contributed by atoms with Crippen LogP contribution in [-0.4, -0.2) is 48.7 Å². The second-order valence-electron chi connectivity index (χ2n) is 7.07. The first-order valence-electron chi connectivity index (χ1n) is 10.1.